The van der Waals surface area contributed by atoms with E-state index in [0.29, 0.717) is 25.7 Å². The van der Waals surface area contributed by atoms with Crippen molar-refractivity contribution < 1.29 is 78.3 Å². The molecule has 0 amide bonds. The molecule has 0 radical (unpaired) electrons. The molecule has 16 heteroatoms. The summed E-state index contributed by atoms with van der Waals surface area (Å²) in [6.45, 7) is 14.8. The van der Waals surface area contributed by atoms with E-state index in [1.54, 1.807) is 55.4 Å². The number of aliphatic hydroxyl groups is 6. The average molecular weight is 739 g/mol. The summed E-state index contributed by atoms with van der Waals surface area (Å²) < 4.78 is 27.0. The lowest BCUT2D eigenvalue weighted by atomic mass is 9.98. The topological polar surface area (TPSA) is 253 Å². The van der Waals surface area contributed by atoms with Crippen LogP contribution in [0.5, 0.6) is 0 Å². The van der Waals surface area contributed by atoms with Gasteiger partial charge in [-0.1, -0.05) is 75.7 Å². The molecule has 16 nitrogen and oxygen atoms in total. The highest BCUT2D eigenvalue weighted by Gasteiger charge is 2.42. The van der Waals surface area contributed by atoms with Crippen molar-refractivity contribution in [2.45, 2.75) is 150 Å². The third-order valence-corrected chi connectivity index (χ3v) is 9.14. The van der Waals surface area contributed by atoms with E-state index in [2.05, 4.69) is 0 Å². The van der Waals surface area contributed by atoms with Gasteiger partial charge < -0.3 is 54.3 Å². The van der Waals surface area contributed by atoms with Gasteiger partial charge in [0.05, 0.1) is 6.61 Å². The Morgan fingerprint density at radius 3 is 1.14 bits per heavy atom. The Morgan fingerprint density at radius 1 is 0.471 bits per heavy atom. The molecule has 0 spiro atoms. The van der Waals surface area contributed by atoms with Gasteiger partial charge in [-0.05, 0) is 25.2 Å². The van der Waals surface area contributed by atoms with E-state index in [-0.39, 0.29) is 0 Å². The molecule has 13 atom stereocenters. The average Bonchev–Trinajstić information content (AvgIpc) is 3.12. The van der Waals surface area contributed by atoms with Crippen molar-refractivity contribution in [3.8, 4) is 0 Å². The quantitative estimate of drug-likeness (QED) is 0.0592. The number of rotatable bonds is 24. The van der Waals surface area contributed by atoms with Crippen LogP contribution in [0.25, 0.3) is 0 Å². The van der Waals surface area contributed by atoms with Gasteiger partial charge in [0.25, 0.3) is 0 Å². The van der Waals surface area contributed by atoms with E-state index >= 15 is 0 Å². The molecule has 0 aliphatic rings. The largest absolute Gasteiger partial charge is 0.460 e. The van der Waals surface area contributed by atoms with E-state index in [1.165, 1.54) is 13.8 Å². The Morgan fingerprint density at radius 2 is 0.804 bits per heavy atom. The molecule has 0 saturated heterocycles. The van der Waals surface area contributed by atoms with Gasteiger partial charge in [0.15, 0.2) is 6.10 Å². The summed E-state index contributed by atoms with van der Waals surface area (Å²) in [5.74, 6) is -8.31. The van der Waals surface area contributed by atoms with Gasteiger partial charge in [-0.25, -0.2) is 24.0 Å². The third-order valence-electron chi connectivity index (χ3n) is 9.14. The number of esters is 5. The third kappa shape index (κ3) is 14.9. The van der Waals surface area contributed by atoms with Gasteiger partial charge >= 0.3 is 29.8 Å². The first-order valence-electron chi connectivity index (χ1n) is 17.7. The fraction of sp³-hybridized carbons (Fsp3) is 0.857. The smallest absolute Gasteiger partial charge is 0.348 e. The molecule has 0 bridgehead atoms. The normalized spacial score (nSPS) is 19.4. The van der Waals surface area contributed by atoms with Crippen LogP contribution in [0.2, 0.25) is 0 Å². The Balaban J connectivity index is 6.05. The van der Waals surface area contributed by atoms with Crippen molar-refractivity contribution in [3.05, 3.63) is 0 Å². The van der Waals surface area contributed by atoms with Gasteiger partial charge in [0.1, 0.15) is 31.0 Å². The van der Waals surface area contributed by atoms with E-state index in [4.69, 9.17) is 28.8 Å². The second-order valence-electron chi connectivity index (χ2n) is 13.6. The van der Waals surface area contributed by atoms with E-state index < -0.39 is 128 Å². The van der Waals surface area contributed by atoms with Gasteiger partial charge in [-0.2, -0.15) is 0 Å². The van der Waals surface area contributed by atoms with Crippen molar-refractivity contribution in [3.63, 3.8) is 0 Å². The Bertz CT molecular complexity index is 1080. The number of ether oxygens (including phenoxy) is 5. The number of aliphatic hydroxyl groups excluding tert-OH is 6. The van der Waals surface area contributed by atoms with Crippen LogP contribution in [0, 0.1) is 29.6 Å². The molecule has 298 valence electrons. The molecule has 0 aromatic rings. The number of hydrogen-bond donors (Lipinski definition) is 6. The van der Waals surface area contributed by atoms with Crippen molar-refractivity contribution in [2.24, 2.45) is 29.6 Å². The van der Waals surface area contributed by atoms with Gasteiger partial charge in [-0.15, -0.1) is 0 Å². The van der Waals surface area contributed by atoms with Gasteiger partial charge in [0, 0.05) is 23.7 Å². The maximum Gasteiger partial charge on any atom is 0.348 e. The molecular weight excluding hydrogens is 676 g/mol. The number of carbonyl (C=O) groups excluding carboxylic acids is 5. The summed E-state index contributed by atoms with van der Waals surface area (Å²) in [4.78, 5) is 66.0. The maximum absolute atomic E-state index is 13.6. The summed E-state index contributed by atoms with van der Waals surface area (Å²) in [6, 6.07) is 0. The van der Waals surface area contributed by atoms with E-state index in [1.807, 2.05) is 0 Å². The Labute approximate surface area is 300 Å². The van der Waals surface area contributed by atoms with Crippen LogP contribution in [0.15, 0.2) is 0 Å². The highest BCUT2D eigenvalue weighted by atomic mass is 16.6. The predicted octanol–water partition coefficient (Wildman–Crippen LogP) is 0.814. The zero-order valence-corrected chi connectivity index (χ0v) is 31.6. The fourth-order valence-corrected chi connectivity index (χ4v) is 4.43. The van der Waals surface area contributed by atoms with E-state index in [0.717, 1.165) is 0 Å². The molecule has 0 aliphatic carbocycles. The standard InChI is InChI=1S/C35H62O16/c1-11-18(7)24(39)31(42)49-28(19(8)12-2)34(45)51-30(21(10)14-4)35(46)50-29(20(9)13-3)33(44)48-27(17(5)6)32(43)47-16-23(38)26(41)25(40)22(37)15-36/h17-30,36-41H,11-16H2,1-10H3/t18-,19+,20+,21+,22+,23-,24-,25+,26-,27-,28-,29-,30-/m0/s1. The van der Waals surface area contributed by atoms with Crippen molar-refractivity contribution in [1.29, 1.82) is 0 Å². The zero-order valence-electron chi connectivity index (χ0n) is 31.6. The molecule has 0 saturated carbocycles. The Hall–Kier alpha value is -2.89. The summed E-state index contributed by atoms with van der Waals surface area (Å²) in [5.41, 5.74) is 0. The first-order chi connectivity index (χ1) is 23.7. The Kier molecular flexibility index (Phi) is 22.3. The van der Waals surface area contributed by atoms with Crippen molar-refractivity contribution >= 4 is 29.8 Å². The molecule has 51 heavy (non-hydrogen) atoms. The molecule has 0 aliphatic heterocycles. The van der Waals surface area contributed by atoms with Crippen LogP contribution >= 0.6 is 0 Å². The summed E-state index contributed by atoms with van der Waals surface area (Å²) in [6.07, 6.45) is -13.7. The lowest BCUT2D eigenvalue weighted by Gasteiger charge is -2.30. The lowest BCUT2D eigenvalue weighted by molar-refractivity contribution is -0.196. The van der Waals surface area contributed by atoms with E-state index in [9.17, 15) is 49.5 Å². The first kappa shape index (κ1) is 48.1. The fourth-order valence-electron chi connectivity index (χ4n) is 4.43. The molecule has 0 unspecified atom stereocenters. The molecule has 6 N–H and O–H groups in total. The minimum atomic E-state index is -1.99. The molecular formula is C35H62O16. The monoisotopic (exact) mass is 738 g/mol. The highest BCUT2D eigenvalue weighted by Crippen LogP contribution is 2.24. The van der Waals surface area contributed by atoms with Crippen LogP contribution in [0.3, 0.4) is 0 Å². The molecule has 0 fully saturated rings. The number of carbonyl (C=O) groups is 5. The van der Waals surface area contributed by atoms with Crippen LogP contribution in [0.4, 0.5) is 0 Å². The summed E-state index contributed by atoms with van der Waals surface area (Å²) in [7, 11) is 0. The maximum atomic E-state index is 13.6. The minimum Gasteiger partial charge on any atom is -0.460 e. The summed E-state index contributed by atoms with van der Waals surface area (Å²) in [5, 5.41) is 58.7. The molecule has 0 aromatic heterocycles. The lowest BCUT2D eigenvalue weighted by Crippen LogP contribution is -2.48. The zero-order chi connectivity index (χ0) is 39.7. The second kappa shape index (κ2) is 23.6. The highest BCUT2D eigenvalue weighted by molar-refractivity contribution is 5.87. The first-order valence-corrected chi connectivity index (χ1v) is 17.7. The van der Waals surface area contributed by atoms with Crippen LogP contribution in [-0.4, -0.2) is 129 Å². The van der Waals surface area contributed by atoms with Gasteiger partial charge in [-0.3, -0.25) is 0 Å². The van der Waals surface area contributed by atoms with Gasteiger partial charge in [0.2, 0.25) is 24.4 Å². The van der Waals surface area contributed by atoms with Crippen molar-refractivity contribution in [2.75, 3.05) is 13.2 Å². The summed E-state index contributed by atoms with van der Waals surface area (Å²) >= 11 is 0. The SMILES string of the molecule is CC[C@@H](C)[C@H](OC(=O)[C@@H](O)[C@@H](C)CC)C(=O)O[C@H](C(=O)O[C@H](C(=O)O[C@H](C(=O)OC[C@H](O)[C@H](O)[C@H](O)[C@H](O)CO)C(C)C)[C@H](C)CC)[C@H](C)CC. The van der Waals surface area contributed by atoms with Crippen LogP contribution in [-0.2, 0) is 47.7 Å². The molecule has 0 heterocycles. The molecule has 0 aromatic carbocycles. The predicted molar refractivity (Wildman–Crippen MR) is 180 cm³/mol. The van der Waals surface area contributed by atoms with Crippen LogP contribution < -0.4 is 0 Å². The molecule has 0 rings (SSSR count). The van der Waals surface area contributed by atoms with Crippen LogP contribution in [0.1, 0.15) is 94.9 Å². The van der Waals surface area contributed by atoms with Crippen molar-refractivity contribution in [1.82, 2.24) is 0 Å². The number of hydrogen-bond acceptors (Lipinski definition) is 16. The minimum absolute atomic E-state index is 0.314. The second-order valence-corrected chi connectivity index (χ2v) is 13.6.